The standard InChI is InChI=1S/C18H27N5O/c1-12(2)18-21-20-16(24-18)11-23-10-6-9-15(23)17-19-13-7-4-5-8-14(13)22(17)3/h12,15H,4-11H2,1-3H3/t15-/m0/s1. The summed E-state index contributed by atoms with van der Waals surface area (Å²) in [6.45, 7) is 5.95. The maximum atomic E-state index is 5.81. The highest BCUT2D eigenvalue weighted by Crippen LogP contribution is 2.34. The van der Waals surface area contributed by atoms with Crippen molar-refractivity contribution >= 4 is 0 Å². The maximum absolute atomic E-state index is 5.81. The highest BCUT2D eigenvalue weighted by atomic mass is 16.4. The zero-order chi connectivity index (χ0) is 16.7. The van der Waals surface area contributed by atoms with E-state index < -0.39 is 0 Å². The Morgan fingerprint density at radius 1 is 1.17 bits per heavy atom. The lowest BCUT2D eigenvalue weighted by Crippen LogP contribution is -2.25. The van der Waals surface area contributed by atoms with Crippen LogP contribution in [0.2, 0.25) is 0 Å². The predicted octanol–water partition coefficient (Wildman–Crippen LogP) is 3.14. The van der Waals surface area contributed by atoms with E-state index in [0.717, 1.165) is 37.7 Å². The molecule has 0 aromatic carbocycles. The van der Waals surface area contributed by atoms with Crippen LogP contribution >= 0.6 is 0 Å². The number of likely N-dealkylation sites (tertiary alicyclic amines) is 1. The summed E-state index contributed by atoms with van der Waals surface area (Å²) >= 11 is 0. The minimum atomic E-state index is 0.280. The zero-order valence-corrected chi connectivity index (χ0v) is 15.0. The molecule has 6 nitrogen and oxygen atoms in total. The number of imidazole rings is 1. The van der Waals surface area contributed by atoms with Crippen LogP contribution < -0.4 is 0 Å². The van der Waals surface area contributed by atoms with Crippen molar-refractivity contribution in [1.29, 1.82) is 0 Å². The molecule has 0 spiro atoms. The number of aryl methyl sites for hydroxylation is 1. The van der Waals surface area contributed by atoms with Crippen LogP contribution in [0.5, 0.6) is 0 Å². The van der Waals surface area contributed by atoms with Gasteiger partial charge in [-0.1, -0.05) is 13.8 Å². The molecule has 0 radical (unpaired) electrons. The van der Waals surface area contributed by atoms with Crippen molar-refractivity contribution in [3.8, 4) is 0 Å². The van der Waals surface area contributed by atoms with Crippen LogP contribution in [0.15, 0.2) is 4.42 Å². The molecule has 1 saturated heterocycles. The van der Waals surface area contributed by atoms with E-state index in [-0.39, 0.29) is 5.92 Å². The van der Waals surface area contributed by atoms with Crippen LogP contribution in [-0.4, -0.2) is 31.2 Å². The van der Waals surface area contributed by atoms with Gasteiger partial charge in [-0.3, -0.25) is 4.90 Å². The molecular weight excluding hydrogens is 302 g/mol. The first-order valence-electron chi connectivity index (χ1n) is 9.24. The molecule has 4 rings (SSSR count). The molecule has 2 aromatic rings. The van der Waals surface area contributed by atoms with Gasteiger partial charge in [0.05, 0.1) is 18.3 Å². The number of hydrogen-bond donors (Lipinski definition) is 0. The summed E-state index contributed by atoms with van der Waals surface area (Å²) in [6, 6.07) is 0.370. The third-order valence-corrected chi connectivity index (χ3v) is 5.38. The van der Waals surface area contributed by atoms with Crippen LogP contribution in [0.4, 0.5) is 0 Å². The Labute approximate surface area is 143 Å². The maximum Gasteiger partial charge on any atom is 0.230 e. The zero-order valence-electron chi connectivity index (χ0n) is 15.0. The monoisotopic (exact) mass is 329 g/mol. The highest BCUT2D eigenvalue weighted by molar-refractivity contribution is 5.22. The SMILES string of the molecule is CC(C)c1nnc(CN2CCC[C@H]2c2nc3c(n2C)CCCC3)o1. The second-order valence-electron chi connectivity index (χ2n) is 7.45. The van der Waals surface area contributed by atoms with E-state index in [0.29, 0.717) is 6.04 Å². The Hall–Kier alpha value is -1.69. The van der Waals surface area contributed by atoms with Crippen molar-refractivity contribution in [2.45, 2.75) is 70.9 Å². The van der Waals surface area contributed by atoms with Crippen molar-refractivity contribution in [2.75, 3.05) is 6.54 Å². The third kappa shape index (κ3) is 2.77. The molecular formula is C18H27N5O. The molecule has 0 saturated carbocycles. The molecule has 2 aliphatic rings. The number of fused-ring (bicyclic) bond motifs is 1. The van der Waals surface area contributed by atoms with E-state index in [2.05, 4.69) is 40.6 Å². The van der Waals surface area contributed by atoms with Crippen molar-refractivity contribution in [3.63, 3.8) is 0 Å². The summed E-state index contributed by atoms with van der Waals surface area (Å²) in [7, 11) is 2.19. The molecule has 0 bridgehead atoms. The lowest BCUT2D eigenvalue weighted by Gasteiger charge is -2.22. The van der Waals surface area contributed by atoms with Gasteiger partial charge in [-0.15, -0.1) is 10.2 Å². The molecule has 2 aromatic heterocycles. The summed E-state index contributed by atoms with van der Waals surface area (Å²) < 4.78 is 8.16. The van der Waals surface area contributed by atoms with Crippen LogP contribution in [0.1, 0.15) is 80.5 Å². The minimum Gasteiger partial charge on any atom is -0.424 e. The molecule has 0 N–H and O–H groups in total. The van der Waals surface area contributed by atoms with Crippen molar-refractivity contribution in [3.05, 3.63) is 29.0 Å². The second-order valence-corrected chi connectivity index (χ2v) is 7.45. The number of hydrogen-bond acceptors (Lipinski definition) is 5. The summed E-state index contributed by atoms with van der Waals surface area (Å²) in [6.07, 6.45) is 7.24. The molecule has 1 atom stereocenters. The van der Waals surface area contributed by atoms with Crippen LogP contribution in [0.3, 0.4) is 0 Å². The molecule has 1 fully saturated rings. The third-order valence-electron chi connectivity index (χ3n) is 5.38. The van der Waals surface area contributed by atoms with Gasteiger partial charge in [0, 0.05) is 18.7 Å². The van der Waals surface area contributed by atoms with Gasteiger partial charge < -0.3 is 8.98 Å². The number of aromatic nitrogens is 4. The Morgan fingerprint density at radius 2 is 2.00 bits per heavy atom. The van der Waals surface area contributed by atoms with Crippen molar-refractivity contribution in [2.24, 2.45) is 7.05 Å². The Balaban J connectivity index is 1.55. The fourth-order valence-corrected chi connectivity index (χ4v) is 4.05. The fourth-order valence-electron chi connectivity index (χ4n) is 4.05. The van der Waals surface area contributed by atoms with Gasteiger partial charge in [0.15, 0.2) is 0 Å². The molecule has 3 heterocycles. The Bertz CT molecular complexity index is 717. The summed E-state index contributed by atoms with van der Waals surface area (Å²) in [5.74, 6) is 2.96. The van der Waals surface area contributed by atoms with Crippen LogP contribution in [0, 0.1) is 0 Å². The Morgan fingerprint density at radius 3 is 2.75 bits per heavy atom. The van der Waals surface area contributed by atoms with Gasteiger partial charge >= 0.3 is 0 Å². The predicted molar refractivity (Wildman–Crippen MR) is 90.6 cm³/mol. The molecule has 0 amide bonds. The van der Waals surface area contributed by atoms with E-state index in [9.17, 15) is 0 Å². The summed E-state index contributed by atoms with van der Waals surface area (Å²) in [5.41, 5.74) is 2.77. The number of rotatable bonds is 4. The van der Waals surface area contributed by atoms with E-state index >= 15 is 0 Å². The van der Waals surface area contributed by atoms with Crippen LogP contribution in [0.25, 0.3) is 0 Å². The minimum absolute atomic E-state index is 0.280. The van der Waals surface area contributed by atoms with Gasteiger partial charge in [0.25, 0.3) is 0 Å². The van der Waals surface area contributed by atoms with E-state index in [1.54, 1.807) is 0 Å². The molecule has 130 valence electrons. The van der Waals surface area contributed by atoms with Gasteiger partial charge in [-0.2, -0.15) is 0 Å². The van der Waals surface area contributed by atoms with Gasteiger partial charge in [0.1, 0.15) is 5.82 Å². The van der Waals surface area contributed by atoms with Crippen LogP contribution in [-0.2, 0) is 26.4 Å². The molecule has 6 heteroatoms. The molecule has 0 unspecified atom stereocenters. The lowest BCUT2D eigenvalue weighted by molar-refractivity contribution is 0.211. The first kappa shape index (κ1) is 15.8. The highest BCUT2D eigenvalue weighted by Gasteiger charge is 2.32. The number of nitrogens with zero attached hydrogens (tertiary/aromatic N) is 5. The first-order valence-corrected chi connectivity index (χ1v) is 9.24. The van der Waals surface area contributed by atoms with Crippen molar-refractivity contribution in [1.82, 2.24) is 24.6 Å². The topological polar surface area (TPSA) is 60.0 Å². The molecule has 24 heavy (non-hydrogen) atoms. The largest absolute Gasteiger partial charge is 0.424 e. The van der Waals surface area contributed by atoms with E-state index in [1.807, 2.05) is 0 Å². The smallest absolute Gasteiger partial charge is 0.230 e. The average molecular weight is 329 g/mol. The molecule has 1 aliphatic heterocycles. The fraction of sp³-hybridized carbons (Fsp3) is 0.722. The second kappa shape index (κ2) is 6.31. The quantitative estimate of drug-likeness (QED) is 0.862. The molecule has 1 aliphatic carbocycles. The van der Waals surface area contributed by atoms with Crippen molar-refractivity contribution < 1.29 is 4.42 Å². The Kier molecular flexibility index (Phi) is 4.16. The lowest BCUT2D eigenvalue weighted by atomic mass is 10.0. The normalized spacial score (nSPS) is 21.6. The summed E-state index contributed by atoms with van der Waals surface area (Å²) in [4.78, 5) is 7.46. The van der Waals surface area contributed by atoms with Gasteiger partial charge in [-0.05, 0) is 45.1 Å². The van der Waals surface area contributed by atoms with E-state index in [1.165, 1.54) is 42.9 Å². The average Bonchev–Trinajstić information content (AvgIpc) is 3.28. The van der Waals surface area contributed by atoms with Gasteiger partial charge in [-0.25, -0.2) is 4.98 Å². The van der Waals surface area contributed by atoms with E-state index in [4.69, 9.17) is 9.40 Å². The summed E-state index contributed by atoms with van der Waals surface area (Å²) in [5, 5.41) is 8.39. The van der Waals surface area contributed by atoms with Gasteiger partial charge in [0.2, 0.25) is 11.8 Å². The first-order chi connectivity index (χ1) is 11.6.